The first kappa shape index (κ1) is 11.1. The standard InChI is InChI=1S/C8H10F3NOSi/c1-14(12)7-4-2-6(3-5-7)13-8(9,10)11/h2-5,14H,12H2,1H3/t14-/m0/s1. The number of ether oxygens (including phenoxy) is 1. The van der Waals surface area contributed by atoms with Crippen LogP contribution >= 0.6 is 0 Å². The van der Waals surface area contributed by atoms with E-state index in [1.54, 1.807) is 12.1 Å². The summed E-state index contributed by atoms with van der Waals surface area (Å²) < 4.78 is 39.0. The molecule has 14 heavy (non-hydrogen) atoms. The monoisotopic (exact) mass is 221 g/mol. The van der Waals surface area contributed by atoms with Gasteiger partial charge in [0.1, 0.15) is 14.7 Å². The van der Waals surface area contributed by atoms with Crippen molar-refractivity contribution in [2.45, 2.75) is 12.9 Å². The fraction of sp³-hybridized carbons (Fsp3) is 0.250. The van der Waals surface area contributed by atoms with Crippen LogP contribution in [0.3, 0.4) is 0 Å². The molecule has 0 saturated carbocycles. The molecule has 0 aromatic heterocycles. The van der Waals surface area contributed by atoms with E-state index in [2.05, 4.69) is 4.74 Å². The molecule has 0 amide bonds. The van der Waals surface area contributed by atoms with Crippen LogP contribution in [0.1, 0.15) is 0 Å². The van der Waals surface area contributed by atoms with Gasteiger partial charge in [0.15, 0.2) is 0 Å². The molecule has 0 radical (unpaired) electrons. The van der Waals surface area contributed by atoms with Crippen LogP contribution < -0.4 is 15.3 Å². The van der Waals surface area contributed by atoms with Crippen molar-refractivity contribution in [2.75, 3.05) is 0 Å². The molecular formula is C8H10F3NOSi. The van der Waals surface area contributed by atoms with E-state index in [9.17, 15) is 13.2 Å². The smallest absolute Gasteiger partial charge is 0.406 e. The van der Waals surface area contributed by atoms with Gasteiger partial charge in [-0.05, 0) is 17.3 Å². The molecule has 0 aliphatic rings. The molecule has 0 aliphatic heterocycles. The number of nitrogens with two attached hydrogens (primary N) is 1. The van der Waals surface area contributed by atoms with Gasteiger partial charge in [-0.15, -0.1) is 13.2 Å². The Morgan fingerprint density at radius 3 is 2.07 bits per heavy atom. The fourth-order valence-corrected chi connectivity index (χ4v) is 1.77. The third kappa shape index (κ3) is 3.39. The van der Waals surface area contributed by atoms with Crippen molar-refractivity contribution in [3.63, 3.8) is 0 Å². The summed E-state index contributed by atoms with van der Waals surface area (Å²) in [5, 5.41) is 6.57. The van der Waals surface area contributed by atoms with Gasteiger partial charge in [0.05, 0.1) is 0 Å². The van der Waals surface area contributed by atoms with Crippen molar-refractivity contribution >= 4 is 14.1 Å². The molecule has 1 aromatic carbocycles. The predicted molar refractivity (Wildman–Crippen MR) is 50.0 cm³/mol. The molecule has 0 aliphatic carbocycles. The van der Waals surface area contributed by atoms with E-state index in [1.165, 1.54) is 12.1 Å². The summed E-state index contributed by atoms with van der Waals surface area (Å²) in [6, 6.07) is 5.69. The van der Waals surface area contributed by atoms with Crippen LogP contribution in [0.2, 0.25) is 6.55 Å². The first-order valence-corrected chi connectivity index (χ1v) is 6.39. The second-order valence-electron chi connectivity index (χ2n) is 2.91. The first-order chi connectivity index (χ1) is 6.38. The molecule has 0 spiro atoms. The number of halogens is 3. The second kappa shape index (κ2) is 4.01. The summed E-state index contributed by atoms with van der Waals surface area (Å²) >= 11 is 0. The molecule has 6 heteroatoms. The molecular weight excluding hydrogens is 211 g/mol. The molecule has 1 atom stereocenters. The van der Waals surface area contributed by atoms with Crippen LogP contribution in [0.5, 0.6) is 5.75 Å². The summed E-state index contributed by atoms with van der Waals surface area (Å²) in [6.45, 7) is 1.89. The van der Waals surface area contributed by atoms with Crippen LogP contribution in [0, 0.1) is 0 Å². The minimum absolute atomic E-state index is 0.212. The van der Waals surface area contributed by atoms with Crippen LogP contribution in [0.25, 0.3) is 0 Å². The van der Waals surface area contributed by atoms with Crippen molar-refractivity contribution in [3.8, 4) is 5.75 Å². The Hall–Kier alpha value is -1.01. The van der Waals surface area contributed by atoms with Gasteiger partial charge in [-0.1, -0.05) is 18.7 Å². The Morgan fingerprint density at radius 2 is 1.71 bits per heavy atom. The highest BCUT2D eigenvalue weighted by molar-refractivity contribution is 6.68. The van der Waals surface area contributed by atoms with E-state index in [0.29, 0.717) is 0 Å². The van der Waals surface area contributed by atoms with Crippen molar-refractivity contribution < 1.29 is 17.9 Å². The lowest BCUT2D eigenvalue weighted by Crippen LogP contribution is -2.36. The van der Waals surface area contributed by atoms with Crippen LogP contribution in [-0.4, -0.2) is 15.3 Å². The summed E-state index contributed by atoms with van der Waals surface area (Å²) in [4.78, 5) is 0. The van der Waals surface area contributed by atoms with E-state index in [0.717, 1.165) is 5.19 Å². The summed E-state index contributed by atoms with van der Waals surface area (Å²) in [7, 11) is -1.44. The maximum Gasteiger partial charge on any atom is 0.573 e. The SMILES string of the molecule is C[Si@H](N)c1ccc(OC(F)(F)F)cc1. The normalized spacial score (nSPS) is 13.8. The van der Waals surface area contributed by atoms with Gasteiger partial charge in [0.2, 0.25) is 0 Å². The predicted octanol–water partition coefficient (Wildman–Crippen LogP) is 1.10. The quantitative estimate of drug-likeness (QED) is 0.759. The molecule has 78 valence electrons. The van der Waals surface area contributed by atoms with Crippen LogP contribution in [0.4, 0.5) is 13.2 Å². The second-order valence-corrected chi connectivity index (χ2v) is 5.15. The third-order valence-corrected chi connectivity index (χ3v) is 3.08. The van der Waals surface area contributed by atoms with Crippen molar-refractivity contribution in [1.82, 2.24) is 0 Å². The van der Waals surface area contributed by atoms with Gasteiger partial charge in [-0.3, -0.25) is 0 Å². The van der Waals surface area contributed by atoms with E-state index in [-0.39, 0.29) is 5.75 Å². The molecule has 0 unspecified atom stereocenters. The summed E-state index contributed by atoms with van der Waals surface area (Å²) in [5.74, 6) is -0.212. The number of rotatable bonds is 2. The largest absolute Gasteiger partial charge is 0.573 e. The van der Waals surface area contributed by atoms with E-state index >= 15 is 0 Å². The highest BCUT2D eigenvalue weighted by Crippen LogP contribution is 2.21. The number of benzene rings is 1. The fourth-order valence-electron chi connectivity index (χ4n) is 0.973. The van der Waals surface area contributed by atoms with Crippen molar-refractivity contribution in [3.05, 3.63) is 24.3 Å². The average molecular weight is 221 g/mol. The van der Waals surface area contributed by atoms with E-state index < -0.39 is 15.3 Å². The highest BCUT2D eigenvalue weighted by atomic mass is 28.3. The van der Waals surface area contributed by atoms with Gasteiger partial charge in [0.25, 0.3) is 0 Å². The maximum atomic E-state index is 11.8. The van der Waals surface area contributed by atoms with E-state index in [1.807, 2.05) is 6.55 Å². The summed E-state index contributed by atoms with van der Waals surface area (Å²) in [6.07, 6.45) is -4.63. The molecule has 0 bridgehead atoms. The Kier molecular flexibility index (Phi) is 3.17. The number of hydrogen-bond acceptors (Lipinski definition) is 2. The lowest BCUT2D eigenvalue weighted by atomic mass is 10.3. The molecule has 1 aromatic rings. The average Bonchev–Trinajstić information content (AvgIpc) is 2.02. The Morgan fingerprint density at radius 1 is 1.21 bits per heavy atom. The third-order valence-electron chi connectivity index (χ3n) is 1.64. The zero-order chi connectivity index (χ0) is 10.8. The zero-order valence-electron chi connectivity index (χ0n) is 7.51. The van der Waals surface area contributed by atoms with Crippen molar-refractivity contribution in [1.29, 1.82) is 0 Å². The maximum absolute atomic E-state index is 11.8. The Balaban J connectivity index is 2.74. The topological polar surface area (TPSA) is 35.2 Å². The molecule has 0 heterocycles. The molecule has 2 N–H and O–H groups in total. The van der Waals surface area contributed by atoms with Crippen LogP contribution in [-0.2, 0) is 0 Å². The molecule has 2 nitrogen and oxygen atoms in total. The number of alkyl halides is 3. The lowest BCUT2D eigenvalue weighted by Gasteiger charge is -2.09. The van der Waals surface area contributed by atoms with Crippen LogP contribution in [0.15, 0.2) is 24.3 Å². The first-order valence-electron chi connectivity index (χ1n) is 4.00. The van der Waals surface area contributed by atoms with Gasteiger partial charge in [-0.25, -0.2) is 0 Å². The van der Waals surface area contributed by atoms with Gasteiger partial charge in [0, 0.05) is 0 Å². The van der Waals surface area contributed by atoms with E-state index in [4.69, 9.17) is 5.40 Å². The molecule has 0 saturated heterocycles. The van der Waals surface area contributed by atoms with Crippen molar-refractivity contribution in [2.24, 2.45) is 5.40 Å². The minimum Gasteiger partial charge on any atom is -0.406 e. The zero-order valence-corrected chi connectivity index (χ0v) is 8.66. The molecule has 0 fully saturated rings. The molecule has 1 rings (SSSR count). The number of hydrogen-bond donors (Lipinski definition) is 1. The Labute approximate surface area is 81.2 Å². The van der Waals surface area contributed by atoms with Gasteiger partial charge in [-0.2, -0.15) is 0 Å². The van der Waals surface area contributed by atoms with Gasteiger partial charge < -0.3 is 10.1 Å². The lowest BCUT2D eigenvalue weighted by molar-refractivity contribution is -0.274. The van der Waals surface area contributed by atoms with Gasteiger partial charge >= 0.3 is 6.36 Å². The Bertz CT molecular complexity index is 296. The minimum atomic E-state index is -4.63. The highest BCUT2D eigenvalue weighted by Gasteiger charge is 2.30. The summed E-state index contributed by atoms with van der Waals surface area (Å²) in [5.41, 5.74) is 0.